The summed E-state index contributed by atoms with van der Waals surface area (Å²) in [5, 5.41) is 0. The number of ether oxygens (including phenoxy) is 2. The molecule has 3 heteroatoms. The van der Waals surface area contributed by atoms with Crippen LogP contribution in [0.15, 0.2) is 30.3 Å². The molecule has 0 saturated carbocycles. The molecule has 0 aromatic heterocycles. The lowest BCUT2D eigenvalue weighted by molar-refractivity contribution is -0.157. The summed E-state index contributed by atoms with van der Waals surface area (Å²) in [6, 6.07) is 9.57. The monoisotopic (exact) mass is 292 g/mol. The Hall–Kier alpha value is -1.35. The number of hydrogen-bond donors (Lipinski definition) is 0. The number of carbonyl (C=O) groups excluding carboxylic acids is 1. The average Bonchev–Trinajstić information content (AvgIpc) is 2.51. The van der Waals surface area contributed by atoms with Crippen LogP contribution in [0.2, 0.25) is 0 Å². The molecule has 0 spiro atoms. The molecular weight excluding hydrogens is 264 g/mol. The Labute approximate surface area is 128 Å². The minimum Gasteiger partial charge on any atom is -0.464 e. The molecule has 1 unspecified atom stereocenters. The lowest BCUT2D eigenvalue weighted by atomic mass is 10.1. The van der Waals surface area contributed by atoms with Gasteiger partial charge in [0.05, 0.1) is 6.61 Å². The van der Waals surface area contributed by atoms with E-state index in [1.807, 2.05) is 37.3 Å². The highest BCUT2D eigenvalue weighted by atomic mass is 16.6. The molecule has 1 atom stereocenters. The molecule has 0 amide bonds. The van der Waals surface area contributed by atoms with Crippen LogP contribution in [0.4, 0.5) is 0 Å². The molecule has 1 rings (SSSR count). The molecule has 0 fully saturated rings. The topological polar surface area (TPSA) is 35.5 Å². The molecule has 0 aliphatic rings. The van der Waals surface area contributed by atoms with Gasteiger partial charge >= 0.3 is 5.97 Å². The van der Waals surface area contributed by atoms with Crippen molar-refractivity contribution in [3.63, 3.8) is 0 Å². The van der Waals surface area contributed by atoms with Gasteiger partial charge in [-0.2, -0.15) is 0 Å². The van der Waals surface area contributed by atoms with Gasteiger partial charge in [-0.1, -0.05) is 69.4 Å². The molecule has 21 heavy (non-hydrogen) atoms. The van der Waals surface area contributed by atoms with Crippen LogP contribution in [0.3, 0.4) is 0 Å². The third-order valence-electron chi connectivity index (χ3n) is 3.39. The van der Waals surface area contributed by atoms with Gasteiger partial charge in [0.15, 0.2) is 6.10 Å². The van der Waals surface area contributed by atoms with E-state index >= 15 is 0 Å². The first-order valence-corrected chi connectivity index (χ1v) is 8.12. The summed E-state index contributed by atoms with van der Waals surface area (Å²) < 4.78 is 10.9. The lowest BCUT2D eigenvalue weighted by Crippen LogP contribution is -2.19. The van der Waals surface area contributed by atoms with Gasteiger partial charge in [0.1, 0.15) is 0 Å². The summed E-state index contributed by atoms with van der Waals surface area (Å²) >= 11 is 0. The van der Waals surface area contributed by atoms with E-state index in [4.69, 9.17) is 9.47 Å². The first-order chi connectivity index (χ1) is 10.3. The van der Waals surface area contributed by atoms with Crippen molar-refractivity contribution >= 4 is 5.97 Å². The van der Waals surface area contributed by atoms with Gasteiger partial charge in [-0.15, -0.1) is 0 Å². The zero-order valence-corrected chi connectivity index (χ0v) is 13.3. The van der Waals surface area contributed by atoms with Crippen LogP contribution in [-0.4, -0.2) is 19.2 Å². The highest BCUT2D eigenvalue weighted by molar-refractivity contribution is 5.76. The Kier molecular flexibility index (Phi) is 9.55. The van der Waals surface area contributed by atoms with Crippen molar-refractivity contribution in [1.29, 1.82) is 0 Å². The maximum atomic E-state index is 12.0. The number of unbranched alkanes of at least 4 members (excludes halogenated alkanes) is 5. The zero-order valence-electron chi connectivity index (χ0n) is 13.3. The van der Waals surface area contributed by atoms with E-state index in [-0.39, 0.29) is 5.97 Å². The Morgan fingerprint density at radius 1 is 1.00 bits per heavy atom. The van der Waals surface area contributed by atoms with E-state index < -0.39 is 6.10 Å². The summed E-state index contributed by atoms with van der Waals surface area (Å²) in [5.41, 5.74) is 0.863. The van der Waals surface area contributed by atoms with Crippen LogP contribution in [0.1, 0.15) is 64.0 Å². The second kappa shape index (κ2) is 11.3. The quantitative estimate of drug-likeness (QED) is 0.439. The fourth-order valence-corrected chi connectivity index (χ4v) is 2.23. The smallest absolute Gasteiger partial charge is 0.339 e. The van der Waals surface area contributed by atoms with Crippen LogP contribution in [0.25, 0.3) is 0 Å². The number of benzene rings is 1. The summed E-state index contributed by atoms with van der Waals surface area (Å²) in [4.78, 5) is 12.0. The molecule has 1 aromatic carbocycles. The van der Waals surface area contributed by atoms with E-state index in [0.29, 0.717) is 13.2 Å². The highest BCUT2D eigenvalue weighted by Crippen LogP contribution is 2.19. The molecule has 0 radical (unpaired) electrons. The Morgan fingerprint density at radius 3 is 2.33 bits per heavy atom. The molecule has 0 aliphatic heterocycles. The molecule has 118 valence electrons. The highest BCUT2D eigenvalue weighted by Gasteiger charge is 2.22. The minimum absolute atomic E-state index is 0.297. The second-order valence-electron chi connectivity index (χ2n) is 5.18. The number of carbonyl (C=O) groups is 1. The van der Waals surface area contributed by atoms with Crippen molar-refractivity contribution in [1.82, 2.24) is 0 Å². The van der Waals surface area contributed by atoms with Crippen LogP contribution in [0.5, 0.6) is 0 Å². The largest absolute Gasteiger partial charge is 0.464 e. The predicted octanol–water partition coefficient (Wildman–Crippen LogP) is 4.67. The average molecular weight is 292 g/mol. The normalized spacial score (nSPS) is 12.1. The Bertz CT molecular complexity index is 375. The van der Waals surface area contributed by atoms with Gasteiger partial charge in [-0.3, -0.25) is 0 Å². The van der Waals surface area contributed by atoms with E-state index in [0.717, 1.165) is 18.4 Å². The fourth-order valence-electron chi connectivity index (χ4n) is 2.23. The van der Waals surface area contributed by atoms with Gasteiger partial charge in [0.25, 0.3) is 0 Å². The van der Waals surface area contributed by atoms with E-state index in [9.17, 15) is 4.79 Å². The zero-order chi connectivity index (χ0) is 15.3. The second-order valence-corrected chi connectivity index (χ2v) is 5.18. The number of hydrogen-bond acceptors (Lipinski definition) is 3. The van der Waals surface area contributed by atoms with E-state index in [1.165, 1.54) is 25.7 Å². The third kappa shape index (κ3) is 7.28. The van der Waals surface area contributed by atoms with E-state index in [1.54, 1.807) is 0 Å². The standard InChI is InChI=1S/C18H28O3/c1-3-5-6-7-8-12-15-21-17(18(19)20-4-2)16-13-10-9-11-14-16/h9-11,13-14,17H,3-8,12,15H2,1-2H3. The van der Waals surface area contributed by atoms with Crippen molar-refractivity contribution in [2.45, 2.75) is 58.5 Å². The number of rotatable bonds is 11. The summed E-state index contributed by atoms with van der Waals surface area (Å²) in [5.74, 6) is -0.297. The Morgan fingerprint density at radius 2 is 1.67 bits per heavy atom. The summed E-state index contributed by atoms with van der Waals surface area (Å²) in [7, 11) is 0. The van der Waals surface area contributed by atoms with Gasteiger partial charge in [0.2, 0.25) is 0 Å². The first-order valence-electron chi connectivity index (χ1n) is 8.12. The van der Waals surface area contributed by atoms with Crippen molar-refractivity contribution < 1.29 is 14.3 Å². The van der Waals surface area contributed by atoms with Crippen LogP contribution >= 0.6 is 0 Å². The molecular formula is C18H28O3. The Balaban J connectivity index is 2.38. The fraction of sp³-hybridized carbons (Fsp3) is 0.611. The van der Waals surface area contributed by atoms with Crippen molar-refractivity contribution in [2.24, 2.45) is 0 Å². The van der Waals surface area contributed by atoms with E-state index in [2.05, 4.69) is 6.92 Å². The molecule has 0 heterocycles. The van der Waals surface area contributed by atoms with Gasteiger partial charge in [-0.25, -0.2) is 4.79 Å². The van der Waals surface area contributed by atoms with Crippen LogP contribution in [0, 0.1) is 0 Å². The molecule has 0 N–H and O–H groups in total. The molecule has 3 nitrogen and oxygen atoms in total. The first kappa shape index (κ1) is 17.7. The molecule has 1 aromatic rings. The molecule has 0 bridgehead atoms. The van der Waals surface area contributed by atoms with Gasteiger partial charge in [-0.05, 0) is 18.9 Å². The molecule has 0 aliphatic carbocycles. The third-order valence-corrected chi connectivity index (χ3v) is 3.39. The van der Waals surface area contributed by atoms with Gasteiger partial charge in [0, 0.05) is 6.61 Å². The SMILES string of the molecule is CCCCCCCCOC(C(=O)OCC)c1ccccc1. The van der Waals surface area contributed by atoms with Crippen molar-refractivity contribution in [2.75, 3.05) is 13.2 Å². The predicted molar refractivity (Wildman–Crippen MR) is 85.1 cm³/mol. The van der Waals surface area contributed by atoms with Crippen LogP contribution < -0.4 is 0 Å². The molecule has 0 saturated heterocycles. The maximum absolute atomic E-state index is 12.0. The van der Waals surface area contributed by atoms with Crippen molar-refractivity contribution in [3.05, 3.63) is 35.9 Å². The lowest BCUT2D eigenvalue weighted by Gasteiger charge is -2.16. The maximum Gasteiger partial charge on any atom is 0.339 e. The van der Waals surface area contributed by atoms with Gasteiger partial charge < -0.3 is 9.47 Å². The summed E-state index contributed by atoms with van der Waals surface area (Å²) in [6.45, 7) is 5.01. The number of esters is 1. The minimum atomic E-state index is -0.596. The summed E-state index contributed by atoms with van der Waals surface area (Å²) in [6.07, 6.45) is 6.65. The van der Waals surface area contributed by atoms with Crippen molar-refractivity contribution in [3.8, 4) is 0 Å². The van der Waals surface area contributed by atoms with Crippen LogP contribution in [-0.2, 0) is 14.3 Å².